The van der Waals surface area contributed by atoms with Crippen molar-refractivity contribution in [3.05, 3.63) is 88.5 Å². The van der Waals surface area contributed by atoms with Crippen molar-refractivity contribution in [1.82, 2.24) is 19.8 Å². The van der Waals surface area contributed by atoms with Crippen molar-refractivity contribution >= 4 is 28.2 Å². The molecule has 1 aromatic carbocycles. The highest BCUT2D eigenvalue weighted by Crippen LogP contribution is 2.38. The van der Waals surface area contributed by atoms with Crippen molar-refractivity contribution in [3.8, 4) is 0 Å². The van der Waals surface area contributed by atoms with Crippen molar-refractivity contribution in [2.45, 2.75) is 51.9 Å². The fraction of sp³-hybridized carbons (Fsp3) is 0.400. The van der Waals surface area contributed by atoms with E-state index in [1.165, 1.54) is 16.8 Å². The van der Waals surface area contributed by atoms with Gasteiger partial charge in [-0.3, -0.25) is 9.97 Å². The van der Waals surface area contributed by atoms with Crippen molar-refractivity contribution in [2.24, 2.45) is 0 Å². The van der Waals surface area contributed by atoms with E-state index in [0.717, 1.165) is 96.9 Å². The fourth-order valence-electron chi connectivity index (χ4n) is 5.46. The number of pyridine rings is 2. The molecule has 0 saturated carbocycles. The lowest BCUT2D eigenvalue weighted by molar-refractivity contribution is 0.209. The molecule has 0 N–H and O–H groups in total. The van der Waals surface area contributed by atoms with Crippen LogP contribution in [0.25, 0.3) is 16.6 Å². The average Bonchev–Trinajstić information content (AvgIpc) is 2.88. The SMILES string of the molecule is C=C(CCC)N1CCN(C(=C)c2ccc3c(Cl)c4c(nc3c2)CC(c2ccc(C)cn2)CC4)CC1. The Kier molecular flexibility index (Phi) is 6.84. The number of fused-ring (bicyclic) bond motifs is 2. The molecule has 4 nitrogen and oxygen atoms in total. The largest absolute Gasteiger partial charge is 0.372 e. The van der Waals surface area contributed by atoms with E-state index in [2.05, 4.69) is 72.1 Å². The number of halogens is 1. The molecule has 3 aromatic rings. The molecule has 1 saturated heterocycles. The van der Waals surface area contributed by atoms with E-state index >= 15 is 0 Å². The van der Waals surface area contributed by atoms with E-state index in [1.807, 2.05) is 6.20 Å². The van der Waals surface area contributed by atoms with Crippen LogP contribution in [0.5, 0.6) is 0 Å². The van der Waals surface area contributed by atoms with Crippen LogP contribution in [0.4, 0.5) is 0 Å². The van der Waals surface area contributed by atoms with E-state index in [-0.39, 0.29) is 0 Å². The van der Waals surface area contributed by atoms with Gasteiger partial charge in [0.25, 0.3) is 0 Å². The molecule has 0 amide bonds. The monoisotopic (exact) mass is 486 g/mol. The molecule has 5 rings (SSSR count). The van der Waals surface area contributed by atoms with Crippen LogP contribution in [0.15, 0.2) is 55.4 Å². The Morgan fingerprint density at radius 3 is 2.57 bits per heavy atom. The second-order valence-electron chi connectivity index (χ2n) is 10.0. The Bertz CT molecular complexity index is 1260. The molecular formula is C30H35ClN4. The molecule has 2 aliphatic rings. The van der Waals surface area contributed by atoms with Gasteiger partial charge in [0, 0.05) is 66.5 Å². The van der Waals surface area contributed by atoms with Gasteiger partial charge < -0.3 is 9.80 Å². The normalized spacial score (nSPS) is 18.0. The number of aryl methyl sites for hydroxylation is 1. The summed E-state index contributed by atoms with van der Waals surface area (Å²) in [6.45, 7) is 16.9. The van der Waals surface area contributed by atoms with Crippen molar-refractivity contribution in [1.29, 1.82) is 0 Å². The Labute approximate surface area is 214 Å². The standard InChI is InChI=1S/C30H35ClN4/c1-5-6-21(3)34-13-15-35(16-14-34)22(4)23-8-10-25-28(17-23)33-29-18-24(9-11-26(29)30(25)31)27-12-7-20(2)19-32-27/h7-8,10,12,17,19,24H,3-6,9,11,13-16,18H2,1-2H3. The van der Waals surface area contributed by atoms with Crippen LogP contribution in [0.1, 0.15) is 60.2 Å². The second-order valence-corrected chi connectivity index (χ2v) is 10.4. The Morgan fingerprint density at radius 1 is 1.09 bits per heavy atom. The van der Waals surface area contributed by atoms with Gasteiger partial charge in [0.15, 0.2) is 0 Å². The lowest BCUT2D eigenvalue weighted by Gasteiger charge is -2.39. The van der Waals surface area contributed by atoms with Crippen molar-refractivity contribution in [3.63, 3.8) is 0 Å². The van der Waals surface area contributed by atoms with Crippen molar-refractivity contribution in [2.75, 3.05) is 26.2 Å². The summed E-state index contributed by atoms with van der Waals surface area (Å²) in [6, 6.07) is 10.7. The zero-order valence-corrected chi connectivity index (χ0v) is 21.7. The lowest BCUT2D eigenvalue weighted by atomic mass is 9.84. The first-order valence-electron chi connectivity index (χ1n) is 12.8. The molecule has 1 atom stereocenters. The van der Waals surface area contributed by atoms with Gasteiger partial charge in [0.05, 0.1) is 10.5 Å². The maximum Gasteiger partial charge on any atom is 0.0727 e. The fourth-order valence-corrected chi connectivity index (χ4v) is 5.83. The van der Waals surface area contributed by atoms with Gasteiger partial charge in [-0.05, 0) is 61.4 Å². The first kappa shape index (κ1) is 23.9. The third-order valence-corrected chi connectivity index (χ3v) is 8.05. The number of hydrogen-bond donors (Lipinski definition) is 0. The van der Waals surface area contributed by atoms with Crippen LogP contribution in [0.2, 0.25) is 5.02 Å². The highest BCUT2D eigenvalue weighted by molar-refractivity contribution is 6.36. The lowest BCUT2D eigenvalue weighted by Crippen LogP contribution is -2.44. The van der Waals surface area contributed by atoms with E-state index in [4.69, 9.17) is 16.6 Å². The van der Waals surface area contributed by atoms with Crippen LogP contribution in [0, 0.1) is 6.92 Å². The summed E-state index contributed by atoms with van der Waals surface area (Å²) in [6.07, 6.45) is 7.06. The number of benzene rings is 1. The van der Waals surface area contributed by atoms with Gasteiger partial charge in [-0.2, -0.15) is 0 Å². The zero-order valence-electron chi connectivity index (χ0n) is 21.0. The molecule has 0 bridgehead atoms. The number of allylic oxidation sites excluding steroid dienone is 1. The summed E-state index contributed by atoms with van der Waals surface area (Å²) >= 11 is 6.92. The third kappa shape index (κ3) is 4.81. The predicted octanol–water partition coefficient (Wildman–Crippen LogP) is 6.77. The minimum absolute atomic E-state index is 0.390. The molecule has 0 radical (unpaired) electrons. The van der Waals surface area contributed by atoms with Gasteiger partial charge in [-0.15, -0.1) is 0 Å². The first-order valence-corrected chi connectivity index (χ1v) is 13.2. The number of hydrogen-bond acceptors (Lipinski definition) is 4. The zero-order chi connectivity index (χ0) is 24.5. The van der Waals surface area contributed by atoms with Crippen LogP contribution in [0.3, 0.4) is 0 Å². The molecule has 1 fully saturated rings. The molecule has 5 heteroatoms. The van der Waals surface area contributed by atoms with E-state index in [1.54, 1.807) is 0 Å². The topological polar surface area (TPSA) is 32.3 Å². The molecule has 3 heterocycles. The van der Waals surface area contributed by atoms with Gasteiger partial charge in [-0.1, -0.05) is 56.3 Å². The summed E-state index contributed by atoms with van der Waals surface area (Å²) in [5.74, 6) is 0.390. The third-order valence-electron chi connectivity index (χ3n) is 7.62. The number of rotatable bonds is 6. The highest BCUT2D eigenvalue weighted by atomic mass is 35.5. The molecule has 35 heavy (non-hydrogen) atoms. The van der Waals surface area contributed by atoms with Crippen LogP contribution in [-0.4, -0.2) is 45.9 Å². The van der Waals surface area contributed by atoms with E-state index in [9.17, 15) is 0 Å². The van der Waals surface area contributed by atoms with Crippen molar-refractivity contribution < 1.29 is 0 Å². The molecule has 1 aliphatic carbocycles. The van der Waals surface area contributed by atoms with Gasteiger partial charge in [0.2, 0.25) is 0 Å². The van der Waals surface area contributed by atoms with Gasteiger partial charge in [0.1, 0.15) is 0 Å². The molecule has 2 aromatic heterocycles. The predicted molar refractivity (Wildman–Crippen MR) is 147 cm³/mol. The van der Waals surface area contributed by atoms with Crippen LogP contribution < -0.4 is 0 Å². The van der Waals surface area contributed by atoms with Gasteiger partial charge in [-0.25, -0.2) is 0 Å². The smallest absolute Gasteiger partial charge is 0.0727 e. The summed E-state index contributed by atoms with van der Waals surface area (Å²) in [7, 11) is 0. The number of piperazine rings is 1. The minimum Gasteiger partial charge on any atom is -0.372 e. The summed E-state index contributed by atoms with van der Waals surface area (Å²) < 4.78 is 0. The maximum atomic E-state index is 6.92. The summed E-state index contributed by atoms with van der Waals surface area (Å²) in [5, 5.41) is 1.90. The van der Waals surface area contributed by atoms with Crippen LogP contribution in [-0.2, 0) is 12.8 Å². The maximum absolute atomic E-state index is 6.92. The minimum atomic E-state index is 0.390. The number of aromatic nitrogens is 2. The molecule has 182 valence electrons. The van der Waals surface area contributed by atoms with Gasteiger partial charge >= 0.3 is 0 Å². The average molecular weight is 487 g/mol. The molecule has 1 aliphatic heterocycles. The first-order chi connectivity index (χ1) is 16.9. The molecule has 1 unspecified atom stereocenters. The highest BCUT2D eigenvalue weighted by Gasteiger charge is 2.26. The molecular weight excluding hydrogens is 452 g/mol. The Balaban J connectivity index is 1.36. The summed E-state index contributed by atoms with van der Waals surface area (Å²) in [5.41, 5.74) is 9.06. The Hall–Kier alpha value is -2.85. The summed E-state index contributed by atoms with van der Waals surface area (Å²) in [4.78, 5) is 14.6. The van der Waals surface area contributed by atoms with E-state index < -0.39 is 0 Å². The van der Waals surface area contributed by atoms with E-state index in [0.29, 0.717) is 5.92 Å². The quantitative estimate of drug-likeness (QED) is 0.385. The Morgan fingerprint density at radius 2 is 1.86 bits per heavy atom. The number of nitrogens with zero attached hydrogens (tertiary/aromatic N) is 4. The second kappa shape index (κ2) is 10.0. The van der Waals surface area contributed by atoms with Crippen LogP contribution >= 0.6 is 11.6 Å². The molecule has 0 spiro atoms.